The minimum Gasteiger partial charge on any atom is -0.494 e. The lowest BCUT2D eigenvalue weighted by molar-refractivity contribution is 0.0914. The number of carbonyl (C=O) groups is 1. The summed E-state index contributed by atoms with van der Waals surface area (Å²) in [6.07, 6.45) is 1.65. The quantitative estimate of drug-likeness (QED) is 0.800. The van der Waals surface area contributed by atoms with Crippen LogP contribution in [-0.4, -0.2) is 12.4 Å². The van der Waals surface area contributed by atoms with Crippen molar-refractivity contribution in [2.24, 2.45) is 5.41 Å². The van der Waals surface area contributed by atoms with Crippen LogP contribution in [0.5, 0.6) is 5.75 Å². The molecule has 110 valence electrons. The van der Waals surface area contributed by atoms with Gasteiger partial charge in [0.2, 0.25) is 0 Å². The Morgan fingerprint density at radius 2 is 1.90 bits per heavy atom. The number of hydrogen-bond acceptors (Lipinski definition) is 3. The first-order valence-electron chi connectivity index (χ1n) is 7.38. The standard InChI is InChI=1S/C18H20O2S/c1-4-20-13-7-5-12(6-8-13)16-9-14-15(19)10-18(2,3)11-17(14)21-16/h5-9H,4,10-11H2,1-3H3. The molecule has 21 heavy (non-hydrogen) atoms. The van der Waals surface area contributed by atoms with Crippen molar-refractivity contribution in [3.8, 4) is 16.2 Å². The predicted octanol–water partition coefficient (Wildman–Crippen LogP) is 4.97. The van der Waals surface area contributed by atoms with Crippen LogP contribution in [0.4, 0.5) is 0 Å². The van der Waals surface area contributed by atoms with Crippen LogP contribution in [0.2, 0.25) is 0 Å². The highest BCUT2D eigenvalue weighted by atomic mass is 32.1. The maximum Gasteiger partial charge on any atom is 0.164 e. The summed E-state index contributed by atoms with van der Waals surface area (Å²) in [5, 5.41) is 0. The Morgan fingerprint density at radius 1 is 1.19 bits per heavy atom. The third kappa shape index (κ3) is 2.88. The number of thiophene rings is 1. The minimum atomic E-state index is 0.0883. The lowest BCUT2D eigenvalue weighted by Gasteiger charge is -2.27. The van der Waals surface area contributed by atoms with Crippen LogP contribution in [0.3, 0.4) is 0 Å². The number of benzene rings is 1. The fourth-order valence-electron chi connectivity index (χ4n) is 2.85. The number of ketones is 1. The number of ether oxygens (including phenoxy) is 1. The van der Waals surface area contributed by atoms with Gasteiger partial charge in [0, 0.05) is 21.7 Å². The zero-order chi connectivity index (χ0) is 15.0. The fourth-order valence-corrected chi connectivity index (χ4v) is 4.29. The summed E-state index contributed by atoms with van der Waals surface area (Å²) in [5.41, 5.74) is 2.18. The molecule has 0 radical (unpaired) electrons. The molecule has 1 heterocycles. The number of Topliss-reactive ketones (excluding diaryl/α,β-unsaturated/α-hetero) is 1. The van der Waals surface area contributed by atoms with E-state index in [9.17, 15) is 4.79 Å². The highest BCUT2D eigenvalue weighted by Gasteiger charge is 2.32. The third-order valence-electron chi connectivity index (χ3n) is 3.84. The Hall–Kier alpha value is -1.61. The van der Waals surface area contributed by atoms with Gasteiger partial charge < -0.3 is 4.74 Å². The largest absolute Gasteiger partial charge is 0.494 e. The van der Waals surface area contributed by atoms with Crippen LogP contribution in [0.1, 0.15) is 42.4 Å². The summed E-state index contributed by atoms with van der Waals surface area (Å²) in [5.74, 6) is 1.18. The summed E-state index contributed by atoms with van der Waals surface area (Å²) in [6.45, 7) is 7.00. The molecule has 3 rings (SSSR count). The molecule has 0 saturated heterocycles. The lowest BCUT2D eigenvalue weighted by Crippen LogP contribution is -2.25. The average Bonchev–Trinajstić information content (AvgIpc) is 2.82. The van der Waals surface area contributed by atoms with E-state index in [-0.39, 0.29) is 11.2 Å². The Balaban J connectivity index is 1.93. The van der Waals surface area contributed by atoms with Crippen molar-refractivity contribution >= 4 is 17.1 Å². The van der Waals surface area contributed by atoms with Crippen molar-refractivity contribution in [2.45, 2.75) is 33.6 Å². The summed E-state index contributed by atoms with van der Waals surface area (Å²) in [6, 6.07) is 10.2. The van der Waals surface area contributed by atoms with Crippen molar-refractivity contribution in [1.82, 2.24) is 0 Å². The molecule has 0 N–H and O–H groups in total. The van der Waals surface area contributed by atoms with Crippen LogP contribution in [0.25, 0.3) is 10.4 Å². The number of carbonyl (C=O) groups excluding carboxylic acids is 1. The van der Waals surface area contributed by atoms with Gasteiger partial charge in [0.25, 0.3) is 0 Å². The zero-order valence-electron chi connectivity index (χ0n) is 12.7. The van der Waals surface area contributed by atoms with Gasteiger partial charge in [-0.3, -0.25) is 4.79 Å². The number of hydrogen-bond donors (Lipinski definition) is 0. The van der Waals surface area contributed by atoms with E-state index in [0.29, 0.717) is 13.0 Å². The van der Waals surface area contributed by atoms with E-state index < -0.39 is 0 Å². The molecule has 0 amide bonds. The highest BCUT2D eigenvalue weighted by molar-refractivity contribution is 7.15. The summed E-state index contributed by atoms with van der Waals surface area (Å²) in [7, 11) is 0. The van der Waals surface area contributed by atoms with Gasteiger partial charge in [-0.15, -0.1) is 11.3 Å². The van der Waals surface area contributed by atoms with Gasteiger partial charge in [0.15, 0.2) is 5.78 Å². The maximum atomic E-state index is 12.3. The van der Waals surface area contributed by atoms with Crippen molar-refractivity contribution < 1.29 is 9.53 Å². The minimum absolute atomic E-state index is 0.0883. The first kappa shape index (κ1) is 14.3. The van der Waals surface area contributed by atoms with Gasteiger partial charge in [-0.2, -0.15) is 0 Å². The van der Waals surface area contributed by atoms with E-state index in [1.807, 2.05) is 19.1 Å². The van der Waals surface area contributed by atoms with Gasteiger partial charge in [0.1, 0.15) is 5.75 Å². The van der Waals surface area contributed by atoms with Crippen molar-refractivity contribution in [2.75, 3.05) is 6.61 Å². The van der Waals surface area contributed by atoms with E-state index in [4.69, 9.17) is 4.74 Å². The lowest BCUT2D eigenvalue weighted by atomic mass is 9.77. The predicted molar refractivity (Wildman–Crippen MR) is 87.4 cm³/mol. The Labute approximate surface area is 129 Å². The van der Waals surface area contributed by atoms with Gasteiger partial charge in [-0.25, -0.2) is 0 Å². The molecule has 2 aromatic rings. The Bertz CT molecular complexity index is 665. The average molecular weight is 300 g/mol. The van der Waals surface area contributed by atoms with Crippen LogP contribution in [-0.2, 0) is 6.42 Å². The molecule has 0 saturated carbocycles. The SMILES string of the molecule is CCOc1ccc(-c2cc3c(s2)CC(C)(C)CC3=O)cc1. The van der Waals surface area contributed by atoms with E-state index in [2.05, 4.69) is 32.0 Å². The highest BCUT2D eigenvalue weighted by Crippen LogP contribution is 2.41. The van der Waals surface area contributed by atoms with Gasteiger partial charge >= 0.3 is 0 Å². The second-order valence-corrected chi connectivity index (χ2v) is 7.48. The van der Waals surface area contributed by atoms with E-state index in [0.717, 1.165) is 23.3 Å². The number of fused-ring (bicyclic) bond motifs is 1. The maximum absolute atomic E-state index is 12.3. The summed E-state index contributed by atoms with van der Waals surface area (Å²) in [4.78, 5) is 14.7. The molecule has 1 aromatic carbocycles. The normalized spacial score (nSPS) is 16.6. The Morgan fingerprint density at radius 3 is 2.57 bits per heavy atom. The van der Waals surface area contributed by atoms with Crippen molar-refractivity contribution in [1.29, 1.82) is 0 Å². The van der Waals surface area contributed by atoms with Crippen molar-refractivity contribution in [3.63, 3.8) is 0 Å². The monoisotopic (exact) mass is 300 g/mol. The molecule has 3 heteroatoms. The molecule has 0 aliphatic heterocycles. The van der Waals surface area contributed by atoms with Crippen LogP contribution >= 0.6 is 11.3 Å². The van der Waals surface area contributed by atoms with E-state index in [1.165, 1.54) is 9.75 Å². The van der Waals surface area contributed by atoms with E-state index in [1.54, 1.807) is 11.3 Å². The second-order valence-electron chi connectivity index (χ2n) is 6.35. The first-order valence-corrected chi connectivity index (χ1v) is 8.19. The third-order valence-corrected chi connectivity index (χ3v) is 5.02. The zero-order valence-corrected chi connectivity index (χ0v) is 13.5. The molecule has 1 aliphatic rings. The van der Waals surface area contributed by atoms with Crippen LogP contribution in [0, 0.1) is 5.41 Å². The van der Waals surface area contributed by atoms with Gasteiger partial charge in [0.05, 0.1) is 6.61 Å². The van der Waals surface area contributed by atoms with Crippen LogP contribution in [0.15, 0.2) is 30.3 Å². The molecule has 2 nitrogen and oxygen atoms in total. The van der Waals surface area contributed by atoms with Crippen LogP contribution < -0.4 is 4.74 Å². The summed E-state index contributed by atoms with van der Waals surface area (Å²) < 4.78 is 5.47. The smallest absolute Gasteiger partial charge is 0.164 e. The van der Waals surface area contributed by atoms with E-state index >= 15 is 0 Å². The molecule has 0 bridgehead atoms. The summed E-state index contributed by atoms with van der Waals surface area (Å²) >= 11 is 1.75. The Kier molecular flexibility index (Phi) is 3.62. The molecule has 0 unspecified atom stereocenters. The molecule has 1 aromatic heterocycles. The van der Waals surface area contributed by atoms with Gasteiger partial charge in [-0.05, 0) is 54.7 Å². The molecule has 0 fully saturated rings. The second kappa shape index (κ2) is 5.30. The number of rotatable bonds is 3. The molecule has 0 atom stereocenters. The molecular weight excluding hydrogens is 280 g/mol. The topological polar surface area (TPSA) is 26.3 Å². The molecular formula is C18H20O2S. The first-order chi connectivity index (χ1) is 9.98. The van der Waals surface area contributed by atoms with Gasteiger partial charge in [-0.1, -0.05) is 13.8 Å². The molecule has 0 spiro atoms. The molecule has 1 aliphatic carbocycles. The fraction of sp³-hybridized carbons (Fsp3) is 0.389. The van der Waals surface area contributed by atoms with Crippen molar-refractivity contribution in [3.05, 3.63) is 40.8 Å².